The Morgan fingerprint density at radius 1 is 1.40 bits per heavy atom. The zero-order valence-corrected chi connectivity index (χ0v) is 16.6. The number of ether oxygens (including phenoxy) is 1. The number of benzene rings is 1. The zero-order valence-electron chi connectivity index (χ0n) is 14.2. The van der Waals surface area contributed by atoms with Gasteiger partial charge in [-0.25, -0.2) is 4.98 Å². The number of anilines is 1. The second-order valence-corrected chi connectivity index (χ2v) is 7.32. The highest BCUT2D eigenvalue weighted by Gasteiger charge is 2.14. The molecule has 0 saturated heterocycles. The fourth-order valence-electron chi connectivity index (χ4n) is 2.29. The molecule has 7 heteroatoms. The lowest BCUT2D eigenvalue weighted by Gasteiger charge is -2.11. The molecular formula is C18H18BrN3O2S. The summed E-state index contributed by atoms with van der Waals surface area (Å²) in [7, 11) is 1.58. The molecule has 5 nitrogen and oxygen atoms in total. The van der Waals surface area contributed by atoms with E-state index in [2.05, 4.69) is 32.3 Å². The van der Waals surface area contributed by atoms with Crippen LogP contribution in [-0.4, -0.2) is 23.8 Å². The van der Waals surface area contributed by atoms with Gasteiger partial charge < -0.3 is 10.1 Å². The Kier molecular flexibility index (Phi) is 7.00. The number of aryl methyl sites for hydroxylation is 2. The van der Waals surface area contributed by atoms with E-state index in [4.69, 9.17) is 4.74 Å². The predicted octanol–water partition coefficient (Wildman–Crippen LogP) is 4.21. The van der Waals surface area contributed by atoms with Gasteiger partial charge in [0.15, 0.2) is 0 Å². The van der Waals surface area contributed by atoms with Gasteiger partial charge in [-0.15, -0.1) is 0 Å². The smallest absolute Gasteiger partial charge is 0.234 e. The maximum absolute atomic E-state index is 12.2. The summed E-state index contributed by atoms with van der Waals surface area (Å²) in [4.78, 5) is 16.6. The van der Waals surface area contributed by atoms with Crippen LogP contribution < -0.4 is 5.32 Å². The Morgan fingerprint density at radius 3 is 2.80 bits per heavy atom. The maximum atomic E-state index is 12.2. The van der Waals surface area contributed by atoms with Crippen LogP contribution in [0, 0.1) is 25.2 Å². The SMILES string of the molecule is COCc1cc(C)nc(SCC(=O)Nc2ccc(Br)cc2C)c1C#N. The van der Waals surface area contributed by atoms with Crippen molar-refractivity contribution in [2.75, 3.05) is 18.2 Å². The molecule has 1 heterocycles. The lowest BCUT2D eigenvalue weighted by atomic mass is 10.1. The molecule has 0 aliphatic heterocycles. The van der Waals surface area contributed by atoms with E-state index in [1.54, 1.807) is 7.11 Å². The number of thioether (sulfide) groups is 1. The largest absolute Gasteiger partial charge is 0.380 e. The summed E-state index contributed by atoms with van der Waals surface area (Å²) < 4.78 is 6.10. The first-order valence-corrected chi connectivity index (χ1v) is 9.30. The number of hydrogen-bond donors (Lipinski definition) is 1. The molecule has 0 bridgehead atoms. The molecule has 0 aliphatic rings. The Morgan fingerprint density at radius 2 is 2.16 bits per heavy atom. The number of amides is 1. The summed E-state index contributed by atoms with van der Waals surface area (Å²) in [6.07, 6.45) is 0. The van der Waals surface area contributed by atoms with Crippen LogP contribution in [0.1, 0.15) is 22.4 Å². The second-order valence-electron chi connectivity index (χ2n) is 5.44. The molecule has 1 aromatic carbocycles. The maximum Gasteiger partial charge on any atom is 0.234 e. The molecule has 0 aliphatic carbocycles. The monoisotopic (exact) mass is 419 g/mol. The summed E-state index contributed by atoms with van der Waals surface area (Å²) in [6.45, 7) is 4.13. The summed E-state index contributed by atoms with van der Waals surface area (Å²) in [5, 5.41) is 12.9. The number of nitriles is 1. The quantitative estimate of drug-likeness (QED) is 0.709. The van der Waals surface area contributed by atoms with Gasteiger partial charge in [-0.1, -0.05) is 27.7 Å². The number of methoxy groups -OCH3 is 1. The molecule has 0 fully saturated rings. The molecule has 2 aromatic rings. The van der Waals surface area contributed by atoms with Gasteiger partial charge in [-0.3, -0.25) is 4.79 Å². The van der Waals surface area contributed by atoms with Crippen molar-refractivity contribution in [3.8, 4) is 6.07 Å². The van der Waals surface area contributed by atoms with E-state index in [1.165, 1.54) is 11.8 Å². The van der Waals surface area contributed by atoms with Crippen molar-refractivity contribution >= 4 is 39.3 Å². The first-order chi connectivity index (χ1) is 11.9. The Hall–Kier alpha value is -1.88. The van der Waals surface area contributed by atoms with Crippen molar-refractivity contribution in [3.05, 3.63) is 51.1 Å². The van der Waals surface area contributed by atoms with Gasteiger partial charge in [0.1, 0.15) is 11.1 Å². The summed E-state index contributed by atoms with van der Waals surface area (Å²) in [5.41, 5.74) is 3.78. The molecule has 0 spiro atoms. The van der Waals surface area contributed by atoms with Crippen LogP contribution in [0.15, 0.2) is 33.8 Å². The van der Waals surface area contributed by atoms with Crippen LogP contribution in [0.5, 0.6) is 0 Å². The number of aromatic nitrogens is 1. The Balaban J connectivity index is 2.10. The molecule has 0 atom stereocenters. The van der Waals surface area contributed by atoms with Crippen molar-refractivity contribution in [1.82, 2.24) is 4.98 Å². The normalized spacial score (nSPS) is 10.4. The number of halogens is 1. The molecular weight excluding hydrogens is 402 g/mol. The lowest BCUT2D eigenvalue weighted by Crippen LogP contribution is -2.15. The van der Waals surface area contributed by atoms with Gasteiger partial charge >= 0.3 is 0 Å². The van der Waals surface area contributed by atoms with Gasteiger partial charge in [0.05, 0.1) is 17.9 Å². The molecule has 130 valence electrons. The summed E-state index contributed by atoms with van der Waals surface area (Å²) >= 11 is 4.65. The van der Waals surface area contributed by atoms with Crippen molar-refractivity contribution in [3.63, 3.8) is 0 Å². The van der Waals surface area contributed by atoms with Gasteiger partial charge in [0, 0.05) is 23.0 Å². The average molecular weight is 420 g/mol. The van der Waals surface area contributed by atoms with Gasteiger partial charge in [-0.05, 0) is 49.2 Å². The van der Waals surface area contributed by atoms with Crippen molar-refractivity contribution in [2.45, 2.75) is 25.5 Å². The molecule has 1 aromatic heterocycles. The molecule has 0 unspecified atom stereocenters. The number of carbonyl (C=O) groups is 1. The second kappa shape index (κ2) is 8.99. The van der Waals surface area contributed by atoms with E-state index in [0.29, 0.717) is 17.2 Å². The third-order valence-corrected chi connectivity index (χ3v) is 4.88. The van der Waals surface area contributed by atoms with E-state index in [1.807, 2.05) is 38.1 Å². The first kappa shape index (κ1) is 19.4. The van der Waals surface area contributed by atoms with Crippen molar-refractivity contribution in [1.29, 1.82) is 5.26 Å². The van der Waals surface area contributed by atoms with Crippen LogP contribution in [0.25, 0.3) is 0 Å². The zero-order chi connectivity index (χ0) is 18.4. The minimum Gasteiger partial charge on any atom is -0.380 e. The van der Waals surface area contributed by atoms with Crippen LogP contribution >= 0.6 is 27.7 Å². The van der Waals surface area contributed by atoms with E-state index < -0.39 is 0 Å². The van der Waals surface area contributed by atoms with Gasteiger partial charge in [0.25, 0.3) is 0 Å². The van der Waals surface area contributed by atoms with E-state index in [-0.39, 0.29) is 11.7 Å². The number of hydrogen-bond acceptors (Lipinski definition) is 5. The highest BCUT2D eigenvalue weighted by Crippen LogP contribution is 2.25. The fraction of sp³-hybridized carbons (Fsp3) is 0.278. The molecule has 0 saturated carbocycles. The Bertz CT molecular complexity index is 834. The number of nitrogens with zero attached hydrogens (tertiary/aromatic N) is 2. The summed E-state index contributed by atoms with van der Waals surface area (Å²) in [5.74, 6) is 0.0310. The van der Waals surface area contributed by atoms with Crippen LogP contribution in [-0.2, 0) is 16.1 Å². The van der Waals surface area contributed by atoms with Crippen LogP contribution in [0.3, 0.4) is 0 Å². The molecule has 25 heavy (non-hydrogen) atoms. The highest BCUT2D eigenvalue weighted by molar-refractivity contribution is 9.10. The third kappa shape index (κ3) is 5.30. The van der Waals surface area contributed by atoms with Crippen molar-refractivity contribution < 1.29 is 9.53 Å². The third-order valence-electron chi connectivity index (χ3n) is 3.41. The van der Waals surface area contributed by atoms with Crippen molar-refractivity contribution in [2.24, 2.45) is 0 Å². The average Bonchev–Trinajstić information content (AvgIpc) is 2.55. The van der Waals surface area contributed by atoms with E-state index in [9.17, 15) is 10.1 Å². The Labute approximate surface area is 159 Å². The minimum atomic E-state index is -0.143. The number of rotatable bonds is 6. The highest BCUT2D eigenvalue weighted by atomic mass is 79.9. The van der Waals surface area contributed by atoms with E-state index >= 15 is 0 Å². The van der Waals surface area contributed by atoms with Crippen LogP contribution in [0.2, 0.25) is 0 Å². The number of nitrogens with one attached hydrogen (secondary N) is 1. The van der Waals surface area contributed by atoms with E-state index in [0.717, 1.165) is 27.0 Å². The predicted molar refractivity (Wildman–Crippen MR) is 103 cm³/mol. The van der Waals surface area contributed by atoms with Gasteiger partial charge in [0.2, 0.25) is 5.91 Å². The topological polar surface area (TPSA) is 75.0 Å². The molecule has 1 amide bonds. The molecule has 1 N–H and O–H groups in total. The number of carbonyl (C=O) groups excluding carboxylic acids is 1. The lowest BCUT2D eigenvalue weighted by molar-refractivity contribution is -0.113. The van der Waals surface area contributed by atoms with Gasteiger partial charge in [-0.2, -0.15) is 5.26 Å². The first-order valence-electron chi connectivity index (χ1n) is 7.53. The molecule has 2 rings (SSSR count). The standard InChI is InChI=1S/C18H18BrN3O2S/c1-11-6-14(19)4-5-16(11)22-17(23)10-25-18-15(8-20)13(9-24-3)7-12(2)21-18/h4-7H,9-10H2,1-3H3,(H,22,23). The molecule has 0 radical (unpaired) electrons. The van der Waals surface area contributed by atoms with Crippen LogP contribution in [0.4, 0.5) is 5.69 Å². The number of pyridine rings is 1. The summed E-state index contributed by atoms with van der Waals surface area (Å²) in [6, 6.07) is 9.66. The minimum absolute atomic E-state index is 0.143. The fourth-order valence-corrected chi connectivity index (χ4v) is 3.64.